The Balaban J connectivity index is 2.72. The van der Waals surface area contributed by atoms with Gasteiger partial charge in [0.05, 0.1) is 22.2 Å². The average molecular weight is 279 g/mol. The van der Waals surface area contributed by atoms with Crippen LogP contribution < -0.4 is 10.5 Å². The fourth-order valence-electron chi connectivity index (χ4n) is 1.16. The molecule has 0 atom stereocenters. The van der Waals surface area contributed by atoms with Gasteiger partial charge in [0, 0.05) is 13.2 Å². The number of ether oxygens (including phenoxy) is 1. The number of anilines is 1. The molecule has 0 aliphatic heterocycles. The highest BCUT2D eigenvalue weighted by atomic mass is 35.5. The van der Waals surface area contributed by atoms with E-state index in [9.17, 15) is 8.42 Å². The summed E-state index contributed by atoms with van der Waals surface area (Å²) in [5.41, 5.74) is 5.78. The third-order valence-corrected chi connectivity index (χ3v) is 3.82. The maximum absolute atomic E-state index is 11.8. The zero-order valence-electron chi connectivity index (χ0n) is 9.44. The lowest BCUT2D eigenvalue weighted by Crippen LogP contribution is -2.27. The molecule has 1 aromatic carbocycles. The normalized spacial score (nSPS) is 11.6. The minimum absolute atomic E-state index is 0.0934. The molecule has 0 fully saturated rings. The first-order valence-electron chi connectivity index (χ1n) is 5.10. The van der Waals surface area contributed by atoms with E-state index >= 15 is 0 Å². The third-order valence-electron chi connectivity index (χ3n) is 2.02. The second kappa shape index (κ2) is 6.20. The van der Waals surface area contributed by atoms with Gasteiger partial charge in [0.15, 0.2) is 0 Å². The van der Waals surface area contributed by atoms with Gasteiger partial charge in [-0.2, -0.15) is 0 Å². The lowest BCUT2D eigenvalue weighted by Gasteiger charge is -2.08. The van der Waals surface area contributed by atoms with E-state index in [4.69, 9.17) is 22.1 Å². The molecular weight excluding hydrogens is 264 g/mol. The largest absolute Gasteiger partial charge is 0.397 e. The molecule has 17 heavy (non-hydrogen) atoms. The van der Waals surface area contributed by atoms with Crippen LogP contribution in [0.4, 0.5) is 5.69 Å². The van der Waals surface area contributed by atoms with Crippen molar-refractivity contribution in [1.29, 1.82) is 0 Å². The molecule has 0 heterocycles. The summed E-state index contributed by atoms with van der Waals surface area (Å²) in [6, 6.07) is 4.18. The zero-order valence-corrected chi connectivity index (χ0v) is 11.0. The van der Waals surface area contributed by atoms with Crippen LogP contribution in [-0.4, -0.2) is 28.2 Å². The number of nitrogens with one attached hydrogen (secondary N) is 1. The highest BCUT2D eigenvalue weighted by Crippen LogP contribution is 2.21. The van der Waals surface area contributed by atoms with E-state index in [2.05, 4.69) is 4.72 Å². The van der Waals surface area contributed by atoms with Gasteiger partial charge >= 0.3 is 0 Å². The van der Waals surface area contributed by atoms with Crippen molar-refractivity contribution in [2.24, 2.45) is 0 Å². The standard InChI is InChI=1S/C10H15ClN2O3S/c1-2-16-6-5-13-17(14,15)8-3-4-9(11)10(12)7-8/h3-4,7,13H,2,5-6,12H2,1H3. The average Bonchev–Trinajstić information content (AvgIpc) is 2.28. The molecule has 0 radical (unpaired) electrons. The molecule has 0 unspecified atom stereocenters. The molecule has 0 aromatic heterocycles. The SMILES string of the molecule is CCOCCNS(=O)(=O)c1ccc(Cl)c(N)c1. The van der Waals surface area contributed by atoms with Crippen molar-refractivity contribution in [3.63, 3.8) is 0 Å². The van der Waals surface area contributed by atoms with Crippen LogP contribution in [0.2, 0.25) is 5.02 Å². The Morgan fingerprint density at radius 1 is 1.47 bits per heavy atom. The highest BCUT2D eigenvalue weighted by molar-refractivity contribution is 7.89. The fraction of sp³-hybridized carbons (Fsp3) is 0.400. The summed E-state index contributed by atoms with van der Waals surface area (Å²) in [6.45, 7) is 2.95. The molecule has 0 aliphatic rings. The quantitative estimate of drug-likeness (QED) is 0.606. The lowest BCUT2D eigenvalue weighted by atomic mass is 10.3. The van der Waals surface area contributed by atoms with Gasteiger partial charge in [-0.3, -0.25) is 0 Å². The Morgan fingerprint density at radius 2 is 2.18 bits per heavy atom. The number of hydrogen-bond acceptors (Lipinski definition) is 4. The molecule has 1 aromatic rings. The first-order valence-corrected chi connectivity index (χ1v) is 6.96. The van der Waals surface area contributed by atoms with Crippen molar-refractivity contribution < 1.29 is 13.2 Å². The molecule has 96 valence electrons. The van der Waals surface area contributed by atoms with Crippen LogP contribution in [0.5, 0.6) is 0 Å². The van der Waals surface area contributed by atoms with E-state index in [0.29, 0.717) is 18.2 Å². The summed E-state index contributed by atoms with van der Waals surface area (Å²) in [7, 11) is -3.55. The van der Waals surface area contributed by atoms with E-state index in [0.717, 1.165) is 0 Å². The van der Waals surface area contributed by atoms with Crippen LogP contribution in [0.15, 0.2) is 23.1 Å². The van der Waals surface area contributed by atoms with Gasteiger partial charge in [-0.25, -0.2) is 13.1 Å². The van der Waals surface area contributed by atoms with Crippen LogP contribution >= 0.6 is 11.6 Å². The number of rotatable bonds is 6. The minimum Gasteiger partial charge on any atom is -0.397 e. The van der Waals surface area contributed by atoms with Crippen LogP contribution in [0.1, 0.15) is 6.92 Å². The molecule has 0 spiro atoms. The summed E-state index contributed by atoms with van der Waals surface area (Å²) in [5.74, 6) is 0. The lowest BCUT2D eigenvalue weighted by molar-refractivity contribution is 0.153. The van der Waals surface area contributed by atoms with Crippen molar-refractivity contribution in [2.45, 2.75) is 11.8 Å². The van der Waals surface area contributed by atoms with E-state index in [1.54, 1.807) is 0 Å². The van der Waals surface area contributed by atoms with Crippen molar-refractivity contribution in [3.05, 3.63) is 23.2 Å². The molecular formula is C10H15ClN2O3S. The predicted octanol–water partition coefficient (Wildman–Crippen LogP) is 1.24. The first kappa shape index (κ1) is 14.2. The Kier molecular flexibility index (Phi) is 5.20. The van der Waals surface area contributed by atoms with Gasteiger partial charge in [-0.05, 0) is 25.1 Å². The number of nitrogens with two attached hydrogens (primary N) is 1. The molecule has 0 saturated carbocycles. The van der Waals surface area contributed by atoms with E-state index < -0.39 is 10.0 Å². The summed E-state index contributed by atoms with van der Waals surface area (Å²) >= 11 is 5.72. The number of nitrogen functional groups attached to an aromatic ring is 1. The molecule has 0 saturated heterocycles. The maximum atomic E-state index is 11.8. The number of sulfonamides is 1. The molecule has 0 aliphatic carbocycles. The molecule has 0 bridgehead atoms. The summed E-state index contributed by atoms with van der Waals surface area (Å²) < 4.78 is 31.0. The zero-order chi connectivity index (χ0) is 12.9. The Morgan fingerprint density at radius 3 is 2.76 bits per heavy atom. The van der Waals surface area contributed by atoms with Crippen LogP contribution in [0.3, 0.4) is 0 Å². The van der Waals surface area contributed by atoms with Gasteiger partial charge < -0.3 is 10.5 Å². The molecule has 0 amide bonds. The van der Waals surface area contributed by atoms with E-state index in [1.165, 1.54) is 18.2 Å². The second-order valence-electron chi connectivity index (χ2n) is 3.28. The summed E-state index contributed by atoms with van der Waals surface area (Å²) in [4.78, 5) is 0.0934. The molecule has 3 N–H and O–H groups in total. The van der Waals surface area contributed by atoms with Crippen LogP contribution in [0, 0.1) is 0 Å². The van der Waals surface area contributed by atoms with Crippen molar-refractivity contribution in [1.82, 2.24) is 4.72 Å². The topological polar surface area (TPSA) is 81.4 Å². The monoisotopic (exact) mass is 278 g/mol. The Hall–Kier alpha value is -0.820. The van der Waals surface area contributed by atoms with Gasteiger partial charge in [-0.15, -0.1) is 0 Å². The van der Waals surface area contributed by atoms with Gasteiger partial charge in [0.2, 0.25) is 10.0 Å². The minimum atomic E-state index is -3.55. The summed E-state index contributed by atoms with van der Waals surface area (Å²) in [6.07, 6.45) is 0. The van der Waals surface area contributed by atoms with Crippen LogP contribution in [0.25, 0.3) is 0 Å². The molecule has 7 heteroatoms. The molecule has 1 rings (SSSR count). The van der Waals surface area contributed by atoms with Crippen LogP contribution in [-0.2, 0) is 14.8 Å². The van der Waals surface area contributed by atoms with Gasteiger partial charge in [0.1, 0.15) is 0 Å². The highest BCUT2D eigenvalue weighted by Gasteiger charge is 2.14. The number of halogens is 1. The summed E-state index contributed by atoms with van der Waals surface area (Å²) in [5, 5.41) is 0.332. The van der Waals surface area contributed by atoms with Crippen molar-refractivity contribution >= 4 is 27.3 Å². The predicted molar refractivity (Wildman–Crippen MR) is 67.5 cm³/mol. The smallest absolute Gasteiger partial charge is 0.240 e. The number of hydrogen-bond donors (Lipinski definition) is 2. The van der Waals surface area contributed by atoms with Gasteiger partial charge in [-0.1, -0.05) is 11.6 Å². The van der Waals surface area contributed by atoms with E-state index in [1.807, 2.05) is 6.92 Å². The number of benzene rings is 1. The Bertz CT molecular complexity index is 476. The van der Waals surface area contributed by atoms with Crippen molar-refractivity contribution in [3.8, 4) is 0 Å². The van der Waals surface area contributed by atoms with E-state index in [-0.39, 0.29) is 17.1 Å². The third kappa shape index (κ3) is 4.16. The maximum Gasteiger partial charge on any atom is 0.240 e. The molecule has 5 nitrogen and oxygen atoms in total. The fourth-order valence-corrected chi connectivity index (χ4v) is 2.33. The Labute approximate surface area is 106 Å². The second-order valence-corrected chi connectivity index (χ2v) is 5.45. The van der Waals surface area contributed by atoms with Gasteiger partial charge in [0.25, 0.3) is 0 Å². The first-order chi connectivity index (χ1) is 7.97. The van der Waals surface area contributed by atoms with Crippen molar-refractivity contribution in [2.75, 3.05) is 25.5 Å².